The molecule has 2 atom stereocenters. The highest BCUT2D eigenvalue weighted by Crippen LogP contribution is 2.31. The monoisotopic (exact) mass is 289 g/mol. The Morgan fingerprint density at radius 3 is 2.40 bits per heavy atom. The molecule has 0 saturated carbocycles. The minimum absolute atomic E-state index is 0.251. The topological polar surface area (TPSA) is 21.3 Å². The van der Waals surface area contributed by atoms with Gasteiger partial charge in [-0.25, -0.2) is 0 Å². The second kappa shape index (κ2) is 6.91. The third-order valence-electron chi connectivity index (χ3n) is 3.55. The van der Waals surface area contributed by atoms with Gasteiger partial charge >= 0.3 is 0 Å². The van der Waals surface area contributed by atoms with Crippen LogP contribution >= 0.6 is 11.3 Å². The van der Waals surface area contributed by atoms with E-state index < -0.39 is 0 Å². The average molecular weight is 289 g/mol. The Hall–Kier alpha value is -1.32. The van der Waals surface area contributed by atoms with Gasteiger partial charge in [-0.2, -0.15) is 0 Å². The van der Waals surface area contributed by atoms with E-state index in [1.165, 1.54) is 10.4 Å². The Bertz CT molecular complexity index is 522. The van der Waals surface area contributed by atoms with Crippen LogP contribution in [0.15, 0.2) is 41.8 Å². The summed E-state index contributed by atoms with van der Waals surface area (Å²) < 4.78 is 5.46. The number of methoxy groups -OCH3 is 1. The zero-order valence-corrected chi connectivity index (χ0v) is 13.4. The molecule has 0 aliphatic rings. The summed E-state index contributed by atoms with van der Waals surface area (Å²) in [5.41, 5.74) is 1.21. The third kappa shape index (κ3) is 3.41. The van der Waals surface area contributed by atoms with Gasteiger partial charge in [0.15, 0.2) is 0 Å². The molecule has 0 fully saturated rings. The maximum absolute atomic E-state index is 5.46. The van der Waals surface area contributed by atoms with Gasteiger partial charge in [0.05, 0.1) is 7.11 Å². The summed E-state index contributed by atoms with van der Waals surface area (Å²) in [6.07, 6.45) is 0. The van der Waals surface area contributed by atoms with E-state index in [0.29, 0.717) is 12.0 Å². The molecule has 0 radical (unpaired) electrons. The van der Waals surface area contributed by atoms with Gasteiger partial charge in [0.25, 0.3) is 0 Å². The normalized spacial score (nSPS) is 14.2. The van der Waals surface area contributed by atoms with Crippen molar-refractivity contribution >= 4 is 11.3 Å². The summed E-state index contributed by atoms with van der Waals surface area (Å²) in [5.74, 6) is 1.49. The molecule has 0 aliphatic heterocycles. The fourth-order valence-corrected chi connectivity index (χ4v) is 3.41. The van der Waals surface area contributed by atoms with Crippen molar-refractivity contribution < 1.29 is 4.74 Å². The van der Waals surface area contributed by atoms with E-state index in [0.717, 1.165) is 5.75 Å². The van der Waals surface area contributed by atoms with Gasteiger partial charge in [0.1, 0.15) is 5.75 Å². The maximum Gasteiger partial charge on any atom is 0.123 e. The molecule has 2 rings (SSSR count). The molecule has 2 nitrogen and oxygen atoms in total. The quantitative estimate of drug-likeness (QED) is 0.824. The molecule has 0 saturated heterocycles. The van der Waals surface area contributed by atoms with Gasteiger partial charge in [0, 0.05) is 22.5 Å². The van der Waals surface area contributed by atoms with Crippen LogP contribution in [0.5, 0.6) is 5.75 Å². The SMILES string of the molecule is COc1ccccc1[C@@H](C)NC(c1cccs1)C(C)C. The first-order valence-electron chi connectivity index (χ1n) is 7.05. The van der Waals surface area contributed by atoms with E-state index in [-0.39, 0.29) is 6.04 Å². The number of nitrogens with one attached hydrogen (secondary N) is 1. The summed E-state index contributed by atoms with van der Waals surface area (Å²) >= 11 is 1.81. The number of thiophene rings is 1. The lowest BCUT2D eigenvalue weighted by Gasteiger charge is -2.26. The van der Waals surface area contributed by atoms with Gasteiger partial charge in [-0.3, -0.25) is 0 Å². The predicted octanol–water partition coefficient (Wildman–Crippen LogP) is 4.80. The van der Waals surface area contributed by atoms with Gasteiger partial charge in [-0.1, -0.05) is 38.1 Å². The van der Waals surface area contributed by atoms with Crippen LogP contribution in [-0.2, 0) is 0 Å². The van der Waals surface area contributed by atoms with Crippen LogP contribution < -0.4 is 10.1 Å². The Balaban J connectivity index is 2.18. The first kappa shape index (κ1) is 15.1. The highest BCUT2D eigenvalue weighted by Gasteiger charge is 2.20. The van der Waals surface area contributed by atoms with Crippen molar-refractivity contribution in [3.63, 3.8) is 0 Å². The average Bonchev–Trinajstić information content (AvgIpc) is 2.97. The van der Waals surface area contributed by atoms with Crippen molar-refractivity contribution in [1.82, 2.24) is 5.32 Å². The molecule has 108 valence electrons. The highest BCUT2D eigenvalue weighted by atomic mass is 32.1. The first-order valence-corrected chi connectivity index (χ1v) is 7.93. The molecular weight excluding hydrogens is 266 g/mol. The van der Waals surface area contributed by atoms with E-state index in [1.807, 2.05) is 23.5 Å². The molecule has 1 heterocycles. The maximum atomic E-state index is 5.46. The number of benzene rings is 1. The number of para-hydroxylation sites is 1. The van der Waals surface area contributed by atoms with Crippen LogP contribution in [0.1, 0.15) is 43.3 Å². The minimum atomic E-state index is 0.251. The zero-order chi connectivity index (χ0) is 14.5. The lowest BCUT2D eigenvalue weighted by Crippen LogP contribution is -2.28. The number of hydrogen-bond acceptors (Lipinski definition) is 3. The molecule has 0 spiro atoms. The molecule has 0 bridgehead atoms. The molecular formula is C17H23NOS. The van der Waals surface area contributed by atoms with Gasteiger partial charge < -0.3 is 10.1 Å². The molecule has 0 aliphatic carbocycles. The van der Waals surface area contributed by atoms with Crippen molar-refractivity contribution in [2.24, 2.45) is 5.92 Å². The van der Waals surface area contributed by atoms with Crippen LogP contribution in [0.2, 0.25) is 0 Å². The molecule has 2 aromatic rings. The standard InChI is InChI=1S/C17H23NOS/c1-12(2)17(16-10-7-11-20-16)18-13(3)14-8-5-6-9-15(14)19-4/h5-13,17-18H,1-4H3/t13-,17?/m1/s1. The van der Waals surface area contributed by atoms with Crippen LogP contribution in [-0.4, -0.2) is 7.11 Å². The Morgan fingerprint density at radius 1 is 1.05 bits per heavy atom. The van der Waals surface area contributed by atoms with Crippen molar-refractivity contribution in [1.29, 1.82) is 0 Å². The van der Waals surface area contributed by atoms with E-state index in [4.69, 9.17) is 4.74 Å². The third-order valence-corrected chi connectivity index (χ3v) is 4.51. The molecule has 20 heavy (non-hydrogen) atoms. The summed E-state index contributed by atoms with van der Waals surface area (Å²) in [7, 11) is 1.73. The molecule has 1 aromatic carbocycles. The Morgan fingerprint density at radius 2 is 1.80 bits per heavy atom. The highest BCUT2D eigenvalue weighted by molar-refractivity contribution is 7.10. The van der Waals surface area contributed by atoms with E-state index in [1.54, 1.807) is 7.11 Å². The van der Waals surface area contributed by atoms with Gasteiger partial charge in [0.2, 0.25) is 0 Å². The number of rotatable bonds is 6. The van der Waals surface area contributed by atoms with E-state index >= 15 is 0 Å². The predicted molar refractivity (Wildman–Crippen MR) is 86.4 cm³/mol. The summed E-state index contributed by atoms with van der Waals surface area (Å²) in [4.78, 5) is 1.39. The van der Waals surface area contributed by atoms with Crippen molar-refractivity contribution in [2.45, 2.75) is 32.9 Å². The molecule has 1 N–H and O–H groups in total. The van der Waals surface area contributed by atoms with E-state index in [9.17, 15) is 0 Å². The lowest BCUT2D eigenvalue weighted by atomic mass is 9.99. The molecule has 1 aromatic heterocycles. The second-order valence-corrected chi connectivity index (χ2v) is 6.35. The molecule has 1 unspecified atom stereocenters. The first-order chi connectivity index (χ1) is 9.63. The minimum Gasteiger partial charge on any atom is -0.496 e. The van der Waals surface area contributed by atoms with Crippen molar-refractivity contribution in [2.75, 3.05) is 7.11 Å². The molecule has 0 amide bonds. The van der Waals surface area contributed by atoms with Crippen LogP contribution in [0.25, 0.3) is 0 Å². The smallest absolute Gasteiger partial charge is 0.123 e. The summed E-state index contributed by atoms with van der Waals surface area (Å²) in [6, 6.07) is 13.2. The largest absolute Gasteiger partial charge is 0.496 e. The summed E-state index contributed by atoms with van der Waals surface area (Å²) in [6.45, 7) is 6.71. The fraction of sp³-hybridized carbons (Fsp3) is 0.412. The van der Waals surface area contributed by atoms with Crippen LogP contribution in [0.4, 0.5) is 0 Å². The summed E-state index contributed by atoms with van der Waals surface area (Å²) in [5, 5.41) is 5.88. The van der Waals surface area contributed by atoms with Gasteiger partial charge in [-0.05, 0) is 30.4 Å². The van der Waals surface area contributed by atoms with E-state index in [2.05, 4.69) is 55.7 Å². The van der Waals surface area contributed by atoms with Crippen molar-refractivity contribution in [3.8, 4) is 5.75 Å². The zero-order valence-electron chi connectivity index (χ0n) is 12.6. The lowest BCUT2D eigenvalue weighted by molar-refractivity contribution is 0.363. The Kier molecular flexibility index (Phi) is 5.21. The van der Waals surface area contributed by atoms with Crippen LogP contribution in [0.3, 0.4) is 0 Å². The Labute approximate surface area is 125 Å². The fourth-order valence-electron chi connectivity index (χ4n) is 2.45. The second-order valence-electron chi connectivity index (χ2n) is 5.37. The number of ether oxygens (including phenoxy) is 1. The van der Waals surface area contributed by atoms with Crippen LogP contribution in [0, 0.1) is 5.92 Å². The number of hydrogen-bond donors (Lipinski definition) is 1. The van der Waals surface area contributed by atoms with Gasteiger partial charge in [-0.15, -0.1) is 11.3 Å². The van der Waals surface area contributed by atoms with Crippen molar-refractivity contribution in [3.05, 3.63) is 52.2 Å². The molecule has 3 heteroatoms.